The molecule has 1 fully saturated rings. The van der Waals surface area contributed by atoms with Crippen LogP contribution in [-0.4, -0.2) is 68.9 Å². The molecule has 0 radical (unpaired) electrons. The van der Waals surface area contributed by atoms with Gasteiger partial charge in [0.1, 0.15) is 34.8 Å². The number of halogens is 6. The van der Waals surface area contributed by atoms with Gasteiger partial charge in [0.25, 0.3) is 5.91 Å². The van der Waals surface area contributed by atoms with Gasteiger partial charge >= 0.3 is 6.18 Å². The number of β-amino-alcohol motifs (C(OH)–C–C–N with tert-alkyl or cyclic N) is 2. The van der Waals surface area contributed by atoms with Gasteiger partial charge < -0.3 is 20.4 Å². The maximum Gasteiger partial charge on any atom is 0.409 e. The lowest BCUT2D eigenvalue weighted by atomic mass is 9.86. The second-order valence-corrected chi connectivity index (χ2v) is 10.4. The van der Waals surface area contributed by atoms with E-state index in [-0.39, 0.29) is 24.5 Å². The zero-order valence-corrected chi connectivity index (χ0v) is 21.7. The second kappa shape index (κ2) is 10.6. The lowest BCUT2D eigenvalue weighted by Crippen LogP contribution is -2.53. The molecule has 2 aromatic rings. The van der Waals surface area contributed by atoms with Crippen molar-refractivity contribution in [1.82, 2.24) is 14.8 Å². The van der Waals surface area contributed by atoms with Crippen molar-refractivity contribution in [3.05, 3.63) is 57.1 Å². The number of likely N-dealkylation sites (tertiary alicyclic amines) is 1. The molecule has 3 rings (SSSR count). The third-order valence-corrected chi connectivity index (χ3v) is 6.33. The number of aliphatic hydroxyl groups excluding tert-OH is 2. The number of aromatic nitrogens is 1. The van der Waals surface area contributed by atoms with Gasteiger partial charge in [-0.25, -0.2) is 18.2 Å². The average Bonchev–Trinajstić information content (AvgIpc) is 3.12. The summed E-state index contributed by atoms with van der Waals surface area (Å²) < 4.78 is 85.0. The molecule has 1 aliphatic rings. The molecular weight excluding hydrogens is 534 g/mol. The number of carbonyl (C=O) groups is 1. The molecule has 0 aliphatic carbocycles. The third kappa shape index (κ3) is 6.27. The number of hydrogen-bond donors (Lipinski definition) is 3. The van der Waals surface area contributed by atoms with Crippen LogP contribution in [0.5, 0.6) is 0 Å². The van der Waals surface area contributed by atoms with E-state index >= 15 is 0 Å². The van der Waals surface area contributed by atoms with Gasteiger partial charge in [0.15, 0.2) is 17.1 Å². The van der Waals surface area contributed by atoms with Crippen molar-refractivity contribution in [2.45, 2.75) is 59.0 Å². The standard InChI is InChI=1S/C25H28F6N4O4/c1-11-20(38)14(22(39)33-23(24(3,4)5)25(29,30)31)8-35(19-15(27)6-13(26)7-16(19)28)21(11)32-12(2)34-9-17(36)18(37)10-34/h6-8,17-18,23,36-37H,9-10H2,1-5H3,(H,33,39)/b32-12+/t17-,18-,23-/m1/s1. The first-order valence-electron chi connectivity index (χ1n) is 11.8. The van der Waals surface area contributed by atoms with E-state index < -0.39 is 75.7 Å². The summed E-state index contributed by atoms with van der Waals surface area (Å²) in [6.07, 6.45) is -6.47. The molecule has 8 nitrogen and oxygen atoms in total. The van der Waals surface area contributed by atoms with E-state index in [9.17, 15) is 46.1 Å². The van der Waals surface area contributed by atoms with Crippen LogP contribution in [0.1, 0.15) is 43.6 Å². The lowest BCUT2D eigenvalue weighted by Gasteiger charge is -2.33. The smallest absolute Gasteiger partial charge is 0.389 e. The van der Waals surface area contributed by atoms with Crippen molar-refractivity contribution in [3.63, 3.8) is 0 Å². The quantitative estimate of drug-likeness (QED) is 0.301. The van der Waals surface area contributed by atoms with Crippen LogP contribution in [0.3, 0.4) is 0 Å². The zero-order valence-electron chi connectivity index (χ0n) is 21.7. The number of nitrogens with zero attached hydrogens (tertiary/aromatic N) is 3. The Morgan fingerprint density at radius 2 is 1.59 bits per heavy atom. The van der Waals surface area contributed by atoms with E-state index in [1.54, 1.807) is 5.32 Å². The predicted molar refractivity (Wildman–Crippen MR) is 130 cm³/mol. The second-order valence-electron chi connectivity index (χ2n) is 10.4. The first kappa shape index (κ1) is 30.2. The van der Waals surface area contributed by atoms with Crippen LogP contribution in [-0.2, 0) is 0 Å². The average molecular weight is 563 g/mol. The first-order valence-corrected chi connectivity index (χ1v) is 11.8. The summed E-state index contributed by atoms with van der Waals surface area (Å²) in [6.45, 7) is 6.16. The molecule has 1 aromatic heterocycles. The van der Waals surface area contributed by atoms with E-state index in [0.717, 1.165) is 6.92 Å². The number of pyridine rings is 1. The van der Waals surface area contributed by atoms with Crippen LogP contribution in [0.2, 0.25) is 0 Å². The first-order chi connectivity index (χ1) is 17.8. The highest BCUT2D eigenvalue weighted by atomic mass is 19.4. The Balaban J connectivity index is 2.25. The van der Waals surface area contributed by atoms with Crippen molar-refractivity contribution < 1.29 is 41.4 Å². The highest BCUT2D eigenvalue weighted by Crippen LogP contribution is 2.34. The van der Waals surface area contributed by atoms with E-state index in [1.165, 1.54) is 32.6 Å². The molecule has 1 amide bonds. The summed E-state index contributed by atoms with van der Waals surface area (Å²) in [4.78, 5) is 31.8. The number of alkyl halides is 3. The molecular formula is C25H28F6N4O4. The van der Waals surface area contributed by atoms with E-state index in [2.05, 4.69) is 4.99 Å². The van der Waals surface area contributed by atoms with Crippen molar-refractivity contribution in [2.75, 3.05) is 13.1 Å². The Morgan fingerprint density at radius 1 is 1.08 bits per heavy atom. The van der Waals surface area contributed by atoms with Gasteiger partial charge in [0.2, 0.25) is 0 Å². The molecule has 0 spiro atoms. The Hall–Kier alpha value is -3.39. The van der Waals surface area contributed by atoms with E-state index in [0.29, 0.717) is 22.9 Å². The van der Waals surface area contributed by atoms with Crippen LogP contribution in [0.4, 0.5) is 32.2 Å². The highest BCUT2D eigenvalue weighted by Gasteiger charge is 2.48. The number of nitrogens with one attached hydrogen (secondary N) is 1. The zero-order chi connectivity index (χ0) is 29.6. The summed E-state index contributed by atoms with van der Waals surface area (Å²) in [7, 11) is 0. The highest BCUT2D eigenvalue weighted by molar-refractivity contribution is 5.95. The fourth-order valence-corrected chi connectivity index (χ4v) is 4.22. The Morgan fingerprint density at radius 3 is 2.05 bits per heavy atom. The van der Waals surface area contributed by atoms with Gasteiger partial charge in [0.05, 0.1) is 12.2 Å². The summed E-state index contributed by atoms with van der Waals surface area (Å²) >= 11 is 0. The number of aliphatic imine (C=N–C) groups is 1. The minimum absolute atomic E-state index is 0.0504. The predicted octanol–water partition coefficient (Wildman–Crippen LogP) is 3.36. The maximum absolute atomic E-state index is 14.9. The monoisotopic (exact) mass is 562 g/mol. The minimum atomic E-state index is -4.89. The molecule has 1 aromatic carbocycles. The molecule has 2 heterocycles. The van der Waals surface area contributed by atoms with Crippen LogP contribution < -0.4 is 10.7 Å². The van der Waals surface area contributed by atoms with Gasteiger partial charge in [-0.3, -0.25) is 14.2 Å². The van der Waals surface area contributed by atoms with Gasteiger partial charge in [-0.15, -0.1) is 0 Å². The van der Waals surface area contributed by atoms with Crippen LogP contribution in [0.25, 0.3) is 5.69 Å². The van der Waals surface area contributed by atoms with Gasteiger partial charge in [-0.2, -0.15) is 13.2 Å². The van der Waals surface area contributed by atoms with Crippen molar-refractivity contribution in [3.8, 4) is 5.69 Å². The minimum Gasteiger partial charge on any atom is -0.389 e. The van der Waals surface area contributed by atoms with E-state index in [1.807, 2.05) is 0 Å². The van der Waals surface area contributed by atoms with Crippen LogP contribution in [0.15, 0.2) is 28.1 Å². The number of amides is 1. The van der Waals surface area contributed by atoms with Crippen molar-refractivity contribution in [1.29, 1.82) is 0 Å². The molecule has 14 heteroatoms. The van der Waals surface area contributed by atoms with Gasteiger partial charge in [0, 0.05) is 37.0 Å². The van der Waals surface area contributed by atoms with Crippen LogP contribution in [0, 0.1) is 29.8 Å². The largest absolute Gasteiger partial charge is 0.409 e. The molecule has 3 N–H and O–H groups in total. The number of hydrogen-bond acceptors (Lipinski definition) is 5. The van der Waals surface area contributed by atoms with Crippen LogP contribution >= 0.6 is 0 Å². The topological polar surface area (TPSA) is 107 Å². The molecule has 0 saturated carbocycles. The fraction of sp³-hybridized carbons (Fsp3) is 0.480. The fourth-order valence-electron chi connectivity index (χ4n) is 4.22. The molecule has 0 bridgehead atoms. The molecule has 3 atom stereocenters. The molecule has 0 unspecified atom stereocenters. The number of amidine groups is 1. The number of rotatable bonds is 4. The summed E-state index contributed by atoms with van der Waals surface area (Å²) in [5, 5.41) is 21.5. The van der Waals surface area contributed by atoms with Gasteiger partial charge in [-0.05, 0) is 19.3 Å². The van der Waals surface area contributed by atoms with Crippen molar-refractivity contribution >= 4 is 17.6 Å². The molecule has 214 valence electrons. The Bertz CT molecular complexity index is 1320. The van der Waals surface area contributed by atoms with Crippen molar-refractivity contribution in [2.24, 2.45) is 10.4 Å². The molecule has 1 aliphatic heterocycles. The Kier molecular flexibility index (Phi) is 8.23. The van der Waals surface area contributed by atoms with E-state index in [4.69, 9.17) is 0 Å². The normalized spacial score (nSPS) is 19.4. The Labute approximate surface area is 219 Å². The summed E-state index contributed by atoms with van der Waals surface area (Å²) in [6, 6.07) is -1.69. The summed E-state index contributed by atoms with van der Waals surface area (Å²) in [5.74, 6) is -5.89. The molecule has 39 heavy (non-hydrogen) atoms. The number of aliphatic hydroxyl groups is 2. The SMILES string of the molecule is C/C(=N\c1c(C)c(=O)c(C(=O)N[C@H](C(C)(C)C)C(F)(F)F)cn1-c1c(F)cc(F)cc1F)N1C[C@@H](O)[C@H](O)C1. The summed E-state index contributed by atoms with van der Waals surface area (Å²) in [5.41, 5.74) is -4.73. The molecule has 1 saturated heterocycles. The number of benzene rings is 1. The maximum atomic E-state index is 14.9. The third-order valence-electron chi connectivity index (χ3n) is 6.33. The number of carbonyl (C=O) groups excluding carboxylic acids is 1. The lowest BCUT2D eigenvalue weighted by molar-refractivity contribution is -0.174. The van der Waals surface area contributed by atoms with Gasteiger partial charge in [-0.1, -0.05) is 20.8 Å².